The summed E-state index contributed by atoms with van der Waals surface area (Å²) in [5.74, 6) is 0.304. The highest BCUT2D eigenvalue weighted by Gasteiger charge is 2.32. The van der Waals surface area contributed by atoms with E-state index in [2.05, 4.69) is 4.90 Å². The molecule has 1 aromatic carbocycles. The van der Waals surface area contributed by atoms with E-state index in [1.807, 2.05) is 34.9 Å². The van der Waals surface area contributed by atoms with Crippen molar-refractivity contribution in [1.82, 2.24) is 19.6 Å². The summed E-state index contributed by atoms with van der Waals surface area (Å²) in [6.07, 6.45) is 1.77. The van der Waals surface area contributed by atoms with E-state index in [4.69, 9.17) is 16.0 Å². The van der Waals surface area contributed by atoms with Crippen LogP contribution in [0.25, 0.3) is 0 Å². The van der Waals surface area contributed by atoms with Gasteiger partial charge < -0.3 is 19.1 Å². The van der Waals surface area contributed by atoms with Crippen molar-refractivity contribution in [3.05, 3.63) is 59.0 Å². The molecular formula is C24H29ClN4O4. The summed E-state index contributed by atoms with van der Waals surface area (Å²) in [6.45, 7) is 6.39. The lowest BCUT2D eigenvalue weighted by Crippen LogP contribution is -2.58. The second-order valence-corrected chi connectivity index (χ2v) is 8.86. The molecule has 4 rings (SSSR count). The van der Waals surface area contributed by atoms with Crippen LogP contribution in [0.2, 0.25) is 5.02 Å². The number of amides is 3. The lowest BCUT2D eigenvalue weighted by atomic mass is 10.1. The number of hydrogen-bond donors (Lipinski definition) is 0. The summed E-state index contributed by atoms with van der Waals surface area (Å²) in [5.41, 5.74) is 0.833. The molecule has 0 spiro atoms. The molecule has 1 atom stereocenters. The Kier molecular flexibility index (Phi) is 7.35. The van der Waals surface area contributed by atoms with Crippen LogP contribution in [-0.4, -0.2) is 95.7 Å². The number of benzene rings is 1. The molecule has 2 saturated heterocycles. The van der Waals surface area contributed by atoms with Crippen molar-refractivity contribution in [2.75, 3.05) is 52.4 Å². The van der Waals surface area contributed by atoms with Gasteiger partial charge in [-0.1, -0.05) is 29.8 Å². The molecule has 2 aliphatic heterocycles. The van der Waals surface area contributed by atoms with Crippen LogP contribution in [-0.2, 0) is 16.0 Å². The lowest BCUT2D eigenvalue weighted by Gasteiger charge is -2.41. The van der Waals surface area contributed by atoms with Crippen molar-refractivity contribution >= 4 is 29.3 Å². The monoisotopic (exact) mass is 472 g/mol. The molecule has 2 aliphatic rings. The second-order valence-electron chi connectivity index (χ2n) is 8.46. The normalized spacial score (nSPS) is 18.3. The molecule has 0 aliphatic carbocycles. The summed E-state index contributed by atoms with van der Waals surface area (Å²) < 4.78 is 5.19. The highest BCUT2D eigenvalue weighted by atomic mass is 35.5. The lowest BCUT2D eigenvalue weighted by molar-refractivity contribution is -0.139. The topological polar surface area (TPSA) is 77.3 Å². The molecule has 3 amide bonds. The fraction of sp³-hybridized carbons (Fsp3) is 0.458. The van der Waals surface area contributed by atoms with Crippen molar-refractivity contribution < 1.29 is 18.8 Å². The standard InChI is InChI=1S/C24H29ClN4O4/c1-18(23(31)28-12-14-29(15-13-28)24(32)21-7-4-16-33-21)26-8-10-27(11-9-26)22(30)17-19-5-2-3-6-20(19)25/h2-7,16,18H,8-15,17H2,1H3. The van der Waals surface area contributed by atoms with Gasteiger partial charge in [-0.05, 0) is 30.7 Å². The van der Waals surface area contributed by atoms with Gasteiger partial charge in [0.05, 0.1) is 18.7 Å². The summed E-state index contributed by atoms with van der Waals surface area (Å²) in [5, 5.41) is 0.606. The molecule has 1 aromatic heterocycles. The number of piperazine rings is 2. The predicted octanol–water partition coefficient (Wildman–Crippen LogP) is 1.99. The Balaban J connectivity index is 1.23. The Hall–Kier alpha value is -2.84. The number of nitrogens with zero attached hydrogens (tertiary/aromatic N) is 4. The minimum atomic E-state index is -0.266. The Morgan fingerprint density at radius 2 is 1.52 bits per heavy atom. The number of carbonyl (C=O) groups excluding carboxylic acids is 3. The molecule has 1 unspecified atom stereocenters. The quantitative estimate of drug-likeness (QED) is 0.665. The van der Waals surface area contributed by atoms with Crippen LogP contribution >= 0.6 is 11.6 Å². The van der Waals surface area contributed by atoms with Gasteiger partial charge in [0.1, 0.15) is 0 Å². The Morgan fingerprint density at radius 3 is 2.15 bits per heavy atom. The average Bonchev–Trinajstić information content (AvgIpc) is 3.39. The second kappa shape index (κ2) is 10.4. The zero-order chi connectivity index (χ0) is 23.4. The van der Waals surface area contributed by atoms with E-state index in [-0.39, 0.29) is 30.2 Å². The maximum absolute atomic E-state index is 13.1. The summed E-state index contributed by atoms with van der Waals surface area (Å²) in [4.78, 5) is 45.7. The fourth-order valence-electron chi connectivity index (χ4n) is 4.38. The van der Waals surface area contributed by atoms with Crippen molar-refractivity contribution in [3.8, 4) is 0 Å². The number of hydrogen-bond acceptors (Lipinski definition) is 5. The predicted molar refractivity (Wildman–Crippen MR) is 124 cm³/mol. The Morgan fingerprint density at radius 1 is 0.879 bits per heavy atom. The molecule has 0 N–H and O–H groups in total. The van der Waals surface area contributed by atoms with Crippen LogP contribution in [0.1, 0.15) is 23.0 Å². The zero-order valence-electron chi connectivity index (χ0n) is 18.8. The molecular weight excluding hydrogens is 444 g/mol. The molecule has 0 saturated carbocycles. The van der Waals surface area contributed by atoms with Gasteiger partial charge in [-0.15, -0.1) is 0 Å². The van der Waals surface area contributed by atoms with Gasteiger partial charge in [-0.3, -0.25) is 19.3 Å². The van der Waals surface area contributed by atoms with E-state index in [0.29, 0.717) is 63.1 Å². The third-order valence-corrected chi connectivity index (χ3v) is 6.85. The molecule has 0 radical (unpaired) electrons. The highest BCUT2D eigenvalue weighted by molar-refractivity contribution is 6.31. The van der Waals surface area contributed by atoms with Crippen molar-refractivity contribution in [2.24, 2.45) is 0 Å². The van der Waals surface area contributed by atoms with E-state index in [1.54, 1.807) is 23.1 Å². The van der Waals surface area contributed by atoms with Crippen molar-refractivity contribution in [1.29, 1.82) is 0 Å². The summed E-state index contributed by atoms with van der Waals surface area (Å²) in [7, 11) is 0. The third-order valence-electron chi connectivity index (χ3n) is 6.48. The molecule has 3 heterocycles. The minimum absolute atomic E-state index is 0.0547. The molecule has 176 valence electrons. The molecule has 0 bridgehead atoms. The van der Waals surface area contributed by atoms with Gasteiger partial charge in [-0.2, -0.15) is 0 Å². The molecule has 2 fully saturated rings. The number of halogens is 1. The van der Waals surface area contributed by atoms with Gasteiger partial charge in [-0.25, -0.2) is 0 Å². The first-order chi connectivity index (χ1) is 15.9. The maximum Gasteiger partial charge on any atom is 0.289 e. The van der Waals surface area contributed by atoms with Gasteiger partial charge >= 0.3 is 0 Å². The van der Waals surface area contributed by atoms with E-state index in [0.717, 1.165) is 5.56 Å². The SMILES string of the molecule is CC(C(=O)N1CCN(C(=O)c2ccco2)CC1)N1CCN(C(=O)Cc2ccccc2Cl)CC1. The Bertz CT molecular complexity index is 980. The van der Waals surface area contributed by atoms with Gasteiger partial charge in [0.2, 0.25) is 11.8 Å². The van der Waals surface area contributed by atoms with Crippen molar-refractivity contribution in [3.63, 3.8) is 0 Å². The van der Waals surface area contributed by atoms with Crippen LogP contribution in [0.3, 0.4) is 0 Å². The number of carbonyl (C=O) groups is 3. The van der Waals surface area contributed by atoms with Crippen LogP contribution in [0.4, 0.5) is 0 Å². The van der Waals surface area contributed by atoms with Gasteiger partial charge in [0.15, 0.2) is 5.76 Å². The first-order valence-electron chi connectivity index (χ1n) is 11.3. The first kappa shape index (κ1) is 23.3. The first-order valence-corrected chi connectivity index (χ1v) is 11.7. The summed E-state index contributed by atoms with van der Waals surface area (Å²) in [6, 6.07) is 10.5. The largest absolute Gasteiger partial charge is 0.459 e. The van der Waals surface area contributed by atoms with E-state index in [1.165, 1.54) is 6.26 Å². The third kappa shape index (κ3) is 5.39. The van der Waals surface area contributed by atoms with Crippen LogP contribution in [0.5, 0.6) is 0 Å². The maximum atomic E-state index is 13.1. The molecule has 33 heavy (non-hydrogen) atoms. The average molecular weight is 473 g/mol. The van der Waals surface area contributed by atoms with Crippen LogP contribution < -0.4 is 0 Å². The molecule has 2 aromatic rings. The van der Waals surface area contributed by atoms with Crippen LogP contribution in [0.15, 0.2) is 47.1 Å². The van der Waals surface area contributed by atoms with Crippen molar-refractivity contribution in [2.45, 2.75) is 19.4 Å². The molecule has 8 nitrogen and oxygen atoms in total. The van der Waals surface area contributed by atoms with E-state index >= 15 is 0 Å². The van der Waals surface area contributed by atoms with Gasteiger partial charge in [0.25, 0.3) is 5.91 Å². The van der Waals surface area contributed by atoms with E-state index < -0.39 is 0 Å². The number of furan rings is 1. The fourth-order valence-corrected chi connectivity index (χ4v) is 4.58. The minimum Gasteiger partial charge on any atom is -0.459 e. The highest BCUT2D eigenvalue weighted by Crippen LogP contribution is 2.18. The van der Waals surface area contributed by atoms with E-state index in [9.17, 15) is 14.4 Å². The molecule has 9 heteroatoms. The van der Waals surface area contributed by atoms with Crippen LogP contribution in [0, 0.1) is 0 Å². The summed E-state index contributed by atoms with van der Waals surface area (Å²) >= 11 is 6.19. The Labute approximate surface area is 198 Å². The zero-order valence-corrected chi connectivity index (χ0v) is 19.5. The smallest absolute Gasteiger partial charge is 0.289 e. The number of rotatable bonds is 5. The van der Waals surface area contributed by atoms with Gasteiger partial charge in [0, 0.05) is 57.4 Å².